The molecule has 0 unspecified atom stereocenters. The van der Waals surface area contributed by atoms with Crippen LogP contribution in [-0.2, 0) is 0 Å². The minimum atomic E-state index is -0.263. The molecule has 7 heteroatoms. The smallest absolute Gasteiger partial charge is 0.226 e. The molecule has 1 N–H and O–H groups in total. The van der Waals surface area contributed by atoms with E-state index in [0.29, 0.717) is 16.0 Å². The van der Waals surface area contributed by atoms with Crippen LogP contribution in [0.3, 0.4) is 0 Å². The second kappa shape index (κ2) is 6.43. The number of hydrogen-bond donors (Lipinski definition) is 1. The van der Waals surface area contributed by atoms with Crippen molar-refractivity contribution in [3.05, 3.63) is 76.0 Å². The fraction of sp³-hybridized carbons (Fsp3) is 0.111. The van der Waals surface area contributed by atoms with Crippen LogP contribution in [-0.4, -0.2) is 21.9 Å². The molecule has 1 aliphatic rings. The van der Waals surface area contributed by atoms with Crippen molar-refractivity contribution in [2.75, 3.05) is 12.4 Å². The van der Waals surface area contributed by atoms with E-state index in [2.05, 4.69) is 15.4 Å². The third kappa shape index (κ3) is 2.86. The average molecular weight is 373 g/mol. The lowest BCUT2D eigenvalue weighted by molar-refractivity contribution is 0.414. The topological polar surface area (TPSA) is 52.0 Å². The predicted octanol–water partition coefficient (Wildman–Crippen LogP) is 4.65. The van der Waals surface area contributed by atoms with Crippen LogP contribution in [0, 0.1) is 0 Å². The molecular formula is C18H14Cl2N4O. The highest BCUT2D eigenvalue weighted by Gasteiger charge is 2.26. The first kappa shape index (κ1) is 16.0. The molecule has 2 aromatic carbocycles. The van der Waals surface area contributed by atoms with Gasteiger partial charge in [-0.15, -0.1) is 0 Å². The number of benzene rings is 2. The van der Waals surface area contributed by atoms with Crippen LogP contribution < -0.4 is 10.1 Å². The van der Waals surface area contributed by atoms with Gasteiger partial charge >= 0.3 is 0 Å². The highest BCUT2D eigenvalue weighted by atomic mass is 35.5. The number of aromatic nitrogens is 3. The fourth-order valence-corrected chi connectivity index (χ4v) is 3.51. The normalized spacial score (nSPS) is 16.0. The summed E-state index contributed by atoms with van der Waals surface area (Å²) in [5.41, 5.74) is 2.65. The lowest BCUT2D eigenvalue weighted by Gasteiger charge is -2.25. The van der Waals surface area contributed by atoms with Crippen molar-refractivity contribution in [1.29, 1.82) is 0 Å². The molecule has 0 radical (unpaired) electrons. The average Bonchev–Trinajstić information content (AvgIpc) is 3.10. The van der Waals surface area contributed by atoms with Crippen LogP contribution in [0.5, 0.6) is 5.75 Å². The molecule has 0 fully saturated rings. The Morgan fingerprint density at radius 3 is 2.64 bits per heavy atom. The van der Waals surface area contributed by atoms with Crippen molar-refractivity contribution in [2.45, 2.75) is 6.04 Å². The van der Waals surface area contributed by atoms with E-state index in [1.54, 1.807) is 11.8 Å². The lowest BCUT2D eigenvalue weighted by Crippen LogP contribution is -2.20. The number of methoxy groups -OCH3 is 1. The van der Waals surface area contributed by atoms with Gasteiger partial charge in [-0.3, -0.25) is 0 Å². The first-order valence-corrected chi connectivity index (χ1v) is 8.39. The molecule has 0 amide bonds. The molecule has 5 nitrogen and oxygen atoms in total. The Labute approximate surface area is 154 Å². The van der Waals surface area contributed by atoms with E-state index in [-0.39, 0.29) is 6.04 Å². The highest BCUT2D eigenvalue weighted by Crippen LogP contribution is 2.38. The standard InChI is InChI=1S/C18H14Cl2N4O/c1-25-12-5-2-4-11(8-12)15-9-16(24-18(23-15)21-10-22-24)17-13(19)6-3-7-14(17)20/h2-10,16H,1H3,(H,21,22,23)/t16-/m1/s1. The summed E-state index contributed by atoms with van der Waals surface area (Å²) in [5, 5.41) is 8.78. The maximum atomic E-state index is 6.42. The van der Waals surface area contributed by atoms with E-state index in [9.17, 15) is 0 Å². The molecule has 2 heterocycles. The van der Waals surface area contributed by atoms with Gasteiger partial charge in [0.15, 0.2) is 0 Å². The van der Waals surface area contributed by atoms with Crippen molar-refractivity contribution in [2.24, 2.45) is 0 Å². The van der Waals surface area contributed by atoms with Crippen molar-refractivity contribution in [3.63, 3.8) is 0 Å². The molecule has 1 atom stereocenters. The zero-order chi connectivity index (χ0) is 17.4. The minimum Gasteiger partial charge on any atom is -0.497 e. The number of nitrogens with zero attached hydrogens (tertiary/aromatic N) is 3. The Kier molecular flexibility index (Phi) is 4.11. The number of fused-ring (bicyclic) bond motifs is 1. The Bertz CT molecular complexity index is 947. The van der Waals surface area contributed by atoms with E-state index >= 15 is 0 Å². The van der Waals surface area contributed by atoms with Gasteiger partial charge in [-0.05, 0) is 30.3 Å². The molecule has 0 saturated heterocycles. The summed E-state index contributed by atoms with van der Waals surface area (Å²) in [7, 11) is 1.64. The van der Waals surface area contributed by atoms with Crippen molar-refractivity contribution < 1.29 is 4.74 Å². The summed E-state index contributed by atoms with van der Waals surface area (Å²) in [4.78, 5) is 4.29. The van der Waals surface area contributed by atoms with Gasteiger partial charge in [0.25, 0.3) is 0 Å². The molecule has 0 bridgehead atoms. The second-order valence-corrected chi connectivity index (χ2v) is 6.36. The lowest BCUT2D eigenvalue weighted by atomic mass is 10.0. The van der Waals surface area contributed by atoms with Crippen LogP contribution >= 0.6 is 23.2 Å². The third-order valence-corrected chi connectivity index (χ3v) is 4.74. The molecule has 3 aromatic rings. The first-order chi connectivity index (χ1) is 12.2. The van der Waals surface area contributed by atoms with E-state index in [1.165, 1.54) is 6.33 Å². The molecule has 1 aliphatic heterocycles. The maximum absolute atomic E-state index is 6.42. The molecule has 0 spiro atoms. The van der Waals surface area contributed by atoms with E-state index in [0.717, 1.165) is 22.6 Å². The quantitative estimate of drug-likeness (QED) is 0.726. The number of anilines is 1. The summed E-state index contributed by atoms with van der Waals surface area (Å²) in [6.45, 7) is 0. The van der Waals surface area contributed by atoms with Gasteiger partial charge in [-0.2, -0.15) is 10.1 Å². The molecule has 0 aliphatic carbocycles. The van der Waals surface area contributed by atoms with Crippen molar-refractivity contribution in [3.8, 4) is 5.75 Å². The molecule has 0 saturated carbocycles. The molecule has 1 aromatic heterocycles. The number of ether oxygens (including phenoxy) is 1. The Hall–Kier alpha value is -2.50. The summed E-state index contributed by atoms with van der Waals surface area (Å²) >= 11 is 12.8. The Morgan fingerprint density at radius 2 is 1.88 bits per heavy atom. The zero-order valence-electron chi connectivity index (χ0n) is 13.3. The fourth-order valence-electron chi connectivity index (χ4n) is 2.89. The molecule has 25 heavy (non-hydrogen) atoms. The van der Waals surface area contributed by atoms with E-state index < -0.39 is 0 Å². The van der Waals surface area contributed by atoms with E-state index in [4.69, 9.17) is 27.9 Å². The number of rotatable bonds is 3. The van der Waals surface area contributed by atoms with Crippen LogP contribution in [0.1, 0.15) is 17.2 Å². The molecule has 126 valence electrons. The van der Waals surface area contributed by atoms with Gasteiger partial charge in [0, 0.05) is 26.9 Å². The van der Waals surface area contributed by atoms with Gasteiger partial charge < -0.3 is 10.1 Å². The molecule has 4 rings (SSSR count). The van der Waals surface area contributed by atoms with E-state index in [1.807, 2.05) is 48.5 Å². The number of allylic oxidation sites excluding steroid dienone is 1. The predicted molar refractivity (Wildman–Crippen MR) is 99.2 cm³/mol. The van der Waals surface area contributed by atoms with Gasteiger partial charge in [-0.25, -0.2) is 4.68 Å². The monoisotopic (exact) mass is 372 g/mol. The first-order valence-electron chi connectivity index (χ1n) is 7.64. The van der Waals surface area contributed by atoms with Crippen LogP contribution in [0.25, 0.3) is 5.70 Å². The van der Waals surface area contributed by atoms with Gasteiger partial charge in [-0.1, -0.05) is 41.4 Å². The summed E-state index contributed by atoms with van der Waals surface area (Å²) in [6.07, 6.45) is 3.53. The third-order valence-electron chi connectivity index (χ3n) is 4.08. The van der Waals surface area contributed by atoms with Crippen molar-refractivity contribution in [1.82, 2.24) is 14.8 Å². The summed E-state index contributed by atoms with van der Waals surface area (Å²) in [6, 6.07) is 13.0. The second-order valence-electron chi connectivity index (χ2n) is 5.55. The van der Waals surface area contributed by atoms with Crippen LogP contribution in [0.2, 0.25) is 10.0 Å². The van der Waals surface area contributed by atoms with Crippen molar-refractivity contribution >= 4 is 34.8 Å². The van der Waals surface area contributed by atoms with Crippen LogP contribution in [0.4, 0.5) is 5.95 Å². The SMILES string of the molecule is COc1cccc(C2=C[C@H](c3c(Cl)cccc3Cl)n3ncnc3N2)c1. The zero-order valence-corrected chi connectivity index (χ0v) is 14.8. The summed E-state index contributed by atoms with van der Waals surface area (Å²) < 4.78 is 7.08. The number of hydrogen-bond acceptors (Lipinski definition) is 4. The largest absolute Gasteiger partial charge is 0.497 e. The molecular weight excluding hydrogens is 359 g/mol. The Morgan fingerprint density at radius 1 is 1.12 bits per heavy atom. The highest BCUT2D eigenvalue weighted by molar-refractivity contribution is 6.36. The summed E-state index contributed by atoms with van der Waals surface area (Å²) in [5.74, 6) is 1.40. The van der Waals surface area contributed by atoms with Gasteiger partial charge in [0.1, 0.15) is 18.1 Å². The number of halogens is 2. The minimum absolute atomic E-state index is 0.263. The van der Waals surface area contributed by atoms with Gasteiger partial charge in [0.2, 0.25) is 5.95 Å². The van der Waals surface area contributed by atoms with Gasteiger partial charge in [0.05, 0.1) is 7.11 Å². The van der Waals surface area contributed by atoms with Crippen LogP contribution in [0.15, 0.2) is 54.9 Å². The maximum Gasteiger partial charge on any atom is 0.226 e. The Balaban J connectivity index is 1.86. The number of nitrogens with one attached hydrogen (secondary N) is 1.